The number of hydrogen-bond acceptors (Lipinski definition) is 4. The number of thioether (sulfide) groups is 1. The normalized spacial score (nSPS) is 19.4. The number of hydrogen-bond donors (Lipinski definition) is 0. The van der Waals surface area contributed by atoms with E-state index in [4.69, 9.17) is 21.7 Å². The average Bonchev–Trinajstić information content (AvgIpc) is 2.19. The molecule has 0 saturated carbocycles. The van der Waals surface area contributed by atoms with Crippen molar-refractivity contribution in [2.75, 3.05) is 32.9 Å². The maximum atomic E-state index is 5.42. The van der Waals surface area contributed by atoms with Gasteiger partial charge in [0.15, 0.2) is 0 Å². The second-order valence-electron chi connectivity index (χ2n) is 3.01. The zero-order valence-electron chi connectivity index (χ0n) is 8.69. The molecule has 0 aromatic rings. The third-order valence-electron chi connectivity index (χ3n) is 1.94. The Hall–Kier alpha value is 0.160. The molecule has 0 radical (unpaired) electrons. The SMILES string of the molecule is CCO[C@H](C)SC(=S)N1CCOCC1. The molecule has 1 aliphatic rings. The minimum atomic E-state index is 0.148. The molecule has 0 bridgehead atoms. The second kappa shape index (κ2) is 6.61. The van der Waals surface area contributed by atoms with E-state index in [0.29, 0.717) is 0 Å². The summed E-state index contributed by atoms with van der Waals surface area (Å²) in [5.41, 5.74) is 0.148. The third-order valence-corrected chi connectivity index (χ3v) is 3.41. The zero-order valence-corrected chi connectivity index (χ0v) is 10.3. The Labute approximate surface area is 95.1 Å². The molecule has 82 valence electrons. The molecule has 0 spiro atoms. The van der Waals surface area contributed by atoms with Gasteiger partial charge in [0, 0.05) is 19.7 Å². The van der Waals surface area contributed by atoms with Crippen LogP contribution in [-0.4, -0.2) is 47.6 Å². The molecular weight excluding hydrogens is 218 g/mol. The Morgan fingerprint density at radius 2 is 2.21 bits per heavy atom. The van der Waals surface area contributed by atoms with Gasteiger partial charge < -0.3 is 14.4 Å². The summed E-state index contributed by atoms with van der Waals surface area (Å²) in [5, 5.41) is 0. The van der Waals surface area contributed by atoms with Gasteiger partial charge in [-0.1, -0.05) is 24.0 Å². The fourth-order valence-corrected chi connectivity index (χ4v) is 2.64. The highest BCUT2D eigenvalue weighted by Crippen LogP contribution is 2.17. The minimum Gasteiger partial charge on any atom is -0.378 e. The highest BCUT2D eigenvalue weighted by Gasteiger charge is 2.16. The van der Waals surface area contributed by atoms with Crippen molar-refractivity contribution < 1.29 is 9.47 Å². The van der Waals surface area contributed by atoms with Crippen LogP contribution in [0.1, 0.15) is 13.8 Å². The molecule has 1 atom stereocenters. The van der Waals surface area contributed by atoms with Crippen molar-refractivity contribution in [3.63, 3.8) is 0 Å². The van der Waals surface area contributed by atoms with Gasteiger partial charge in [0.2, 0.25) is 0 Å². The summed E-state index contributed by atoms with van der Waals surface area (Å²) in [5.74, 6) is 0. The van der Waals surface area contributed by atoms with Gasteiger partial charge in [0.05, 0.1) is 13.2 Å². The molecule has 0 aromatic heterocycles. The Morgan fingerprint density at radius 1 is 1.57 bits per heavy atom. The predicted octanol–water partition coefficient (Wildman–Crippen LogP) is 1.72. The molecule has 1 aliphatic heterocycles. The second-order valence-corrected chi connectivity index (χ2v) is 4.94. The van der Waals surface area contributed by atoms with E-state index in [0.717, 1.165) is 37.2 Å². The molecule has 1 rings (SSSR count). The Bertz CT molecular complexity index is 184. The average molecular weight is 235 g/mol. The molecular formula is C9H17NO2S2. The molecule has 3 nitrogen and oxygen atoms in total. The molecule has 5 heteroatoms. The first kappa shape index (κ1) is 12.2. The predicted molar refractivity (Wildman–Crippen MR) is 63.7 cm³/mol. The topological polar surface area (TPSA) is 21.7 Å². The van der Waals surface area contributed by atoms with Gasteiger partial charge in [-0.15, -0.1) is 0 Å². The highest BCUT2D eigenvalue weighted by atomic mass is 32.2. The molecule has 0 amide bonds. The van der Waals surface area contributed by atoms with Crippen molar-refractivity contribution in [2.24, 2.45) is 0 Å². The molecule has 0 aliphatic carbocycles. The number of thiocarbonyl (C=S) groups is 1. The van der Waals surface area contributed by atoms with Crippen LogP contribution in [0.4, 0.5) is 0 Å². The van der Waals surface area contributed by atoms with Crippen molar-refractivity contribution in [1.82, 2.24) is 4.90 Å². The van der Waals surface area contributed by atoms with Gasteiger partial charge in [-0.25, -0.2) is 0 Å². The van der Waals surface area contributed by atoms with Gasteiger partial charge in [-0.05, 0) is 13.8 Å². The molecule has 1 saturated heterocycles. The van der Waals surface area contributed by atoms with Gasteiger partial charge in [0.25, 0.3) is 0 Å². The maximum Gasteiger partial charge on any atom is 0.139 e. The van der Waals surface area contributed by atoms with Crippen LogP contribution in [0.25, 0.3) is 0 Å². The van der Waals surface area contributed by atoms with Crippen molar-refractivity contribution in [3.8, 4) is 0 Å². The highest BCUT2D eigenvalue weighted by molar-refractivity contribution is 8.23. The fraction of sp³-hybridized carbons (Fsp3) is 0.889. The Morgan fingerprint density at radius 3 is 2.79 bits per heavy atom. The van der Waals surface area contributed by atoms with Crippen LogP contribution < -0.4 is 0 Å². The van der Waals surface area contributed by atoms with Gasteiger partial charge >= 0.3 is 0 Å². The van der Waals surface area contributed by atoms with Crippen LogP contribution >= 0.6 is 24.0 Å². The lowest BCUT2D eigenvalue weighted by Gasteiger charge is -2.29. The lowest BCUT2D eigenvalue weighted by atomic mass is 10.5. The summed E-state index contributed by atoms with van der Waals surface area (Å²) in [4.78, 5) is 2.18. The zero-order chi connectivity index (χ0) is 10.4. The first-order valence-corrected chi connectivity index (χ1v) is 6.17. The summed E-state index contributed by atoms with van der Waals surface area (Å²) in [6.07, 6.45) is 0. The van der Waals surface area contributed by atoms with Crippen LogP contribution in [0.3, 0.4) is 0 Å². The van der Waals surface area contributed by atoms with Crippen LogP contribution in [0.2, 0.25) is 0 Å². The Kier molecular flexibility index (Phi) is 5.77. The monoisotopic (exact) mass is 235 g/mol. The molecule has 1 fully saturated rings. The smallest absolute Gasteiger partial charge is 0.139 e. The summed E-state index contributed by atoms with van der Waals surface area (Å²) in [6, 6.07) is 0. The maximum absolute atomic E-state index is 5.42. The van der Waals surface area contributed by atoms with Crippen molar-refractivity contribution in [2.45, 2.75) is 19.3 Å². The molecule has 0 N–H and O–H groups in total. The molecule has 0 unspecified atom stereocenters. The van der Waals surface area contributed by atoms with Crippen molar-refractivity contribution in [1.29, 1.82) is 0 Å². The van der Waals surface area contributed by atoms with E-state index in [-0.39, 0.29) is 5.44 Å². The van der Waals surface area contributed by atoms with Crippen LogP contribution in [0.5, 0.6) is 0 Å². The van der Waals surface area contributed by atoms with Crippen molar-refractivity contribution >= 4 is 28.3 Å². The van der Waals surface area contributed by atoms with E-state index < -0.39 is 0 Å². The summed E-state index contributed by atoms with van der Waals surface area (Å²) in [6.45, 7) is 8.14. The van der Waals surface area contributed by atoms with Crippen LogP contribution in [-0.2, 0) is 9.47 Å². The first-order valence-electron chi connectivity index (χ1n) is 4.89. The van der Waals surface area contributed by atoms with E-state index in [1.165, 1.54) is 0 Å². The summed E-state index contributed by atoms with van der Waals surface area (Å²) in [7, 11) is 0. The molecule has 0 aromatic carbocycles. The first-order chi connectivity index (χ1) is 6.74. The lowest BCUT2D eigenvalue weighted by molar-refractivity contribution is 0.0700. The molecule has 14 heavy (non-hydrogen) atoms. The quantitative estimate of drug-likeness (QED) is 0.547. The van der Waals surface area contributed by atoms with Crippen LogP contribution in [0, 0.1) is 0 Å². The van der Waals surface area contributed by atoms with Crippen molar-refractivity contribution in [3.05, 3.63) is 0 Å². The van der Waals surface area contributed by atoms with Gasteiger partial charge in [-0.2, -0.15) is 0 Å². The van der Waals surface area contributed by atoms with E-state index >= 15 is 0 Å². The Balaban J connectivity index is 2.25. The van der Waals surface area contributed by atoms with Gasteiger partial charge in [0.1, 0.15) is 9.76 Å². The summed E-state index contributed by atoms with van der Waals surface area (Å²) >= 11 is 6.93. The fourth-order valence-electron chi connectivity index (χ4n) is 1.23. The standard InChI is InChI=1S/C9H17NO2S2/c1-3-12-8(2)14-9(13)10-4-6-11-7-5-10/h8H,3-7H2,1-2H3/t8-/m0/s1. The number of rotatable bonds is 3. The van der Waals surface area contributed by atoms with E-state index in [1.54, 1.807) is 11.8 Å². The third kappa shape index (κ3) is 4.13. The minimum absolute atomic E-state index is 0.148. The van der Waals surface area contributed by atoms with E-state index in [2.05, 4.69) is 4.90 Å². The van der Waals surface area contributed by atoms with E-state index in [9.17, 15) is 0 Å². The number of nitrogens with zero attached hydrogens (tertiary/aromatic N) is 1. The van der Waals surface area contributed by atoms with Gasteiger partial charge in [-0.3, -0.25) is 0 Å². The summed E-state index contributed by atoms with van der Waals surface area (Å²) < 4.78 is 11.6. The lowest BCUT2D eigenvalue weighted by Crippen LogP contribution is -2.39. The number of ether oxygens (including phenoxy) is 2. The number of morpholine rings is 1. The van der Waals surface area contributed by atoms with Crippen LogP contribution in [0.15, 0.2) is 0 Å². The largest absolute Gasteiger partial charge is 0.378 e. The van der Waals surface area contributed by atoms with E-state index in [1.807, 2.05) is 13.8 Å². The molecule has 1 heterocycles.